The van der Waals surface area contributed by atoms with Crippen molar-refractivity contribution in [2.24, 2.45) is 17.3 Å². The molecule has 0 bridgehead atoms. The molecule has 2 aromatic carbocycles. The molecule has 0 radical (unpaired) electrons. The van der Waals surface area contributed by atoms with Gasteiger partial charge < -0.3 is 18.9 Å². The van der Waals surface area contributed by atoms with Gasteiger partial charge in [0.05, 0.1) is 19.1 Å². The van der Waals surface area contributed by atoms with Crippen LogP contribution in [0.2, 0.25) is 0 Å². The van der Waals surface area contributed by atoms with Crippen molar-refractivity contribution in [3.63, 3.8) is 0 Å². The van der Waals surface area contributed by atoms with Crippen molar-refractivity contribution in [2.45, 2.75) is 33.8 Å². The highest BCUT2D eigenvalue weighted by Crippen LogP contribution is 2.60. The Bertz CT molecular complexity index is 1090. The molecule has 0 spiro atoms. The Kier molecular flexibility index (Phi) is 7.95. The Morgan fingerprint density at radius 3 is 2.35 bits per heavy atom. The zero-order valence-corrected chi connectivity index (χ0v) is 19.8. The first-order chi connectivity index (χ1) is 16.3. The minimum atomic E-state index is -1.09. The summed E-state index contributed by atoms with van der Waals surface area (Å²) in [5.41, 5.74) is 0.0564. The monoisotopic (exact) mass is 463 g/mol. The molecule has 3 atom stereocenters. The summed E-state index contributed by atoms with van der Waals surface area (Å²) in [7, 11) is 0. The van der Waals surface area contributed by atoms with Crippen LogP contribution < -0.4 is 4.74 Å². The lowest BCUT2D eigenvalue weighted by atomic mass is 10.1. The zero-order valence-electron chi connectivity index (χ0n) is 19.8. The molecule has 0 N–H and O–H groups in total. The van der Waals surface area contributed by atoms with E-state index in [2.05, 4.69) is 0 Å². The van der Waals surface area contributed by atoms with Crippen molar-refractivity contribution in [2.75, 3.05) is 13.2 Å². The standard InChI is InChI=1S/C27H29NO6/c1-5-31-22(25(29)32-6-2)16-21-24(27(21,3)4)26(30)34-23(17-28)18-11-10-14-20(15-18)33-19-12-8-7-9-13-19/h7-16,21,23-24H,5-6H2,1-4H3/b22-16-/t21-,23-,24+/m1/s1. The van der Waals surface area contributed by atoms with Crippen LogP contribution in [0.1, 0.15) is 39.4 Å². The predicted molar refractivity (Wildman–Crippen MR) is 125 cm³/mol. The van der Waals surface area contributed by atoms with E-state index in [0.717, 1.165) is 0 Å². The highest BCUT2D eigenvalue weighted by atomic mass is 16.6. The second-order valence-electron chi connectivity index (χ2n) is 8.44. The third-order valence-electron chi connectivity index (χ3n) is 5.76. The summed E-state index contributed by atoms with van der Waals surface area (Å²) in [5, 5.41) is 9.69. The Morgan fingerprint density at radius 2 is 1.71 bits per heavy atom. The molecule has 0 amide bonds. The maximum atomic E-state index is 13.0. The first-order valence-electron chi connectivity index (χ1n) is 11.3. The molecular weight excluding hydrogens is 434 g/mol. The van der Waals surface area contributed by atoms with E-state index in [4.69, 9.17) is 18.9 Å². The van der Waals surface area contributed by atoms with E-state index >= 15 is 0 Å². The van der Waals surface area contributed by atoms with Gasteiger partial charge in [-0.1, -0.05) is 44.2 Å². The molecule has 1 aliphatic carbocycles. The summed E-state index contributed by atoms with van der Waals surface area (Å²) in [6.07, 6.45) is 0.535. The van der Waals surface area contributed by atoms with Gasteiger partial charge in [0, 0.05) is 11.5 Å². The Balaban J connectivity index is 1.72. The summed E-state index contributed by atoms with van der Waals surface area (Å²) in [4.78, 5) is 25.2. The zero-order chi connectivity index (χ0) is 24.7. The van der Waals surface area contributed by atoms with E-state index in [1.165, 1.54) is 0 Å². The van der Waals surface area contributed by atoms with E-state index in [0.29, 0.717) is 23.7 Å². The topological polar surface area (TPSA) is 94.9 Å². The molecule has 178 valence electrons. The number of ether oxygens (including phenoxy) is 4. The fourth-order valence-electron chi connectivity index (χ4n) is 3.86. The first-order valence-corrected chi connectivity index (χ1v) is 11.3. The average molecular weight is 464 g/mol. The molecule has 34 heavy (non-hydrogen) atoms. The van der Waals surface area contributed by atoms with Gasteiger partial charge in [-0.05, 0) is 49.6 Å². The number of nitriles is 1. The molecule has 1 aliphatic rings. The van der Waals surface area contributed by atoms with Crippen LogP contribution >= 0.6 is 0 Å². The maximum absolute atomic E-state index is 13.0. The number of nitrogens with zero attached hydrogens (tertiary/aromatic N) is 1. The normalized spacial score (nSPS) is 19.3. The fraction of sp³-hybridized carbons (Fsp3) is 0.370. The van der Waals surface area contributed by atoms with Crippen LogP contribution in [0, 0.1) is 28.6 Å². The number of esters is 2. The largest absolute Gasteiger partial charge is 0.487 e. The summed E-state index contributed by atoms with van der Waals surface area (Å²) in [6, 6.07) is 18.2. The Hall–Kier alpha value is -3.79. The number of rotatable bonds is 10. The third kappa shape index (κ3) is 5.76. The molecule has 7 heteroatoms. The van der Waals surface area contributed by atoms with Crippen molar-refractivity contribution in [1.82, 2.24) is 0 Å². The van der Waals surface area contributed by atoms with E-state index in [-0.39, 0.29) is 18.3 Å². The van der Waals surface area contributed by atoms with Gasteiger partial charge in [-0.3, -0.25) is 4.79 Å². The van der Waals surface area contributed by atoms with Crippen molar-refractivity contribution in [3.8, 4) is 17.6 Å². The van der Waals surface area contributed by atoms with Gasteiger partial charge >= 0.3 is 11.9 Å². The summed E-state index contributed by atoms with van der Waals surface area (Å²) < 4.78 is 21.9. The number of benzene rings is 2. The molecule has 0 aromatic heterocycles. The molecule has 0 unspecified atom stereocenters. The molecule has 7 nitrogen and oxygen atoms in total. The number of carbonyl (C=O) groups excluding carboxylic acids is 2. The van der Waals surface area contributed by atoms with E-state index in [1.807, 2.05) is 50.2 Å². The van der Waals surface area contributed by atoms with Crippen LogP contribution in [0.4, 0.5) is 0 Å². The highest BCUT2D eigenvalue weighted by molar-refractivity contribution is 5.87. The van der Waals surface area contributed by atoms with Gasteiger partial charge in [0.2, 0.25) is 11.9 Å². The molecule has 0 heterocycles. The van der Waals surface area contributed by atoms with Gasteiger partial charge in [0.15, 0.2) is 0 Å². The molecule has 2 aromatic rings. The van der Waals surface area contributed by atoms with Gasteiger partial charge in [-0.2, -0.15) is 5.26 Å². The van der Waals surface area contributed by atoms with Crippen LogP contribution in [-0.2, 0) is 23.8 Å². The number of hydrogen-bond donors (Lipinski definition) is 0. The Morgan fingerprint density at radius 1 is 1.03 bits per heavy atom. The van der Waals surface area contributed by atoms with Gasteiger partial charge in [0.1, 0.15) is 17.6 Å². The quantitative estimate of drug-likeness (QED) is 0.266. The summed E-state index contributed by atoms with van der Waals surface area (Å²) in [6.45, 7) is 7.81. The van der Waals surface area contributed by atoms with Crippen LogP contribution in [-0.4, -0.2) is 25.2 Å². The third-order valence-corrected chi connectivity index (χ3v) is 5.76. The molecule has 0 aliphatic heterocycles. The lowest BCUT2D eigenvalue weighted by Gasteiger charge is -2.13. The van der Waals surface area contributed by atoms with Crippen molar-refractivity contribution in [3.05, 3.63) is 72.0 Å². The van der Waals surface area contributed by atoms with E-state index in [9.17, 15) is 14.9 Å². The lowest BCUT2D eigenvalue weighted by Crippen LogP contribution is -2.15. The van der Waals surface area contributed by atoms with Gasteiger partial charge in [-0.25, -0.2) is 4.79 Å². The van der Waals surface area contributed by atoms with Crippen LogP contribution in [0.15, 0.2) is 66.4 Å². The minimum Gasteiger partial charge on any atom is -0.487 e. The molecule has 1 fully saturated rings. The Labute approximate surface area is 199 Å². The van der Waals surface area contributed by atoms with Crippen LogP contribution in [0.5, 0.6) is 11.5 Å². The maximum Gasteiger partial charge on any atom is 0.373 e. The summed E-state index contributed by atoms with van der Waals surface area (Å²) in [5.74, 6) is -0.596. The molecular formula is C27H29NO6. The fourth-order valence-corrected chi connectivity index (χ4v) is 3.86. The average Bonchev–Trinajstić information content (AvgIpc) is 3.37. The molecule has 1 saturated carbocycles. The minimum absolute atomic E-state index is 0.0836. The van der Waals surface area contributed by atoms with Crippen molar-refractivity contribution in [1.29, 1.82) is 5.26 Å². The van der Waals surface area contributed by atoms with Crippen LogP contribution in [0.25, 0.3) is 0 Å². The number of allylic oxidation sites excluding steroid dienone is 1. The smallest absolute Gasteiger partial charge is 0.373 e. The SMILES string of the molecule is CCOC(=O)/C(=C/[C@@H]1[C@@H](C(=O)O[C@H](C#N)c2cccc(Oc3ccccc3)c2)C1(C)C)OCC. The second-order valence-corrected chi connectivity index (χ2v) is 8.44. The van der Waals surface area contributed by atoms with Gasteiger partial charge in [-0.15, -0.1) is 0 Å². The second kappa shape index (κ2) is 10.9. The van der Waals surface area contributed by atoms with Gasteiger partial charge in [0.25, 0.3) is 0 Å². The lowest BCUT2D eigenvalue weighted by molar-refractivity contribution is -0.149. The van der Waals surface area contributed by atoms with E-state index < -0.39 is 29.4 Å². The molecule has 0 saturated heterocycles. The first kappa shape index (κ1) is 24.8. The van der Waals surface area contributed by atoms with Crippen molar-refractivity contribution < 1.29 is 28.5 Å². The number of carbonyl (C=O) groups is 2. The van der Waals surface area contributed by atoms with Crippen molar-refractivity contribution >= 4 is 11.9 Å². The number of para-hydroxylation sites is 1. The highest BCUT2D eigenvalue weighted by Gasteiger charge is 2.62. The predicted octanol–water partition coefficient (Wildman–Crippen LogP) is 5.34. The van der Waals surface area contributed by atoms with E-state index in [1.54, 1.807) is 44.2 Å². The molecule has 3 rings (SSSR count). The summed E-state index contributed by atoms with van der Waals surface area (Å²) >= 11 is 0. The number of hydrogen-bond acceptors (Lipinski definition) is 7. The van der Waals surface area contributed by atoms with Crippen LogP contribution in [0.3, 0.4) is 0 Å².